The fourth-order valence-electron chi connectivity index (χ4n) is 2.33. The Morgan fingerprint density at radius 3 is 2.53 bits per heavy atom. The minimum atomic E-state index is 0.0513. The molecule has 0 aromatic carbocycles. The van der Waals surface area contributed by atoms with Crippen LogP contribution in [0.4, 0.5) is 0 Å². The second-order valence-electron chi connectivity index (χ2n) is 5.44. The van der Waals surface area contributed by atoms with Gasteiger partial charge in [-0.3, -0.25) is 4.79 Å². The summed E-state index contributed by atoms with van der Waals surface area (Å²) < 4.78 is 0. The van der Waals surface area contributed by atoms with Crippen LogP contribution in [0.3, 0.4) is 0 Å². The van der Waals surface area contributed by atoms with Crippen molar-refractivity contribution in [3.63, 3.8) is 0 Å². The van der Waals surface area contributed by atoms with Crippen LogP contribution in [0.2, 0.25) is 0 Å². The van der Waals surface area contributed by atoms with Crippen LogP contribution in [-0.4, -0.2) is 35.1 Å². The van der Waals surface area contributed by atoms with Gasteiger partial charge in [0.2, 0.25) is 5.91 Å². The third-order valence-corrected chi connectivity index (χ3v) is 3.14. The molecule has 1 amide bonds. The largest absolute Gasteiger partial charge is 0.396 e. The van der Waals surface area contributed by atoms with E-state index < -0.39 is 0 Å². The molecular formula is C12H23NO2. The van der Waals surface area contributed by atoms with Crippen LogP contribution >= 0.6 is 0 Å². The molecule has 1 atom stereocenters. The molecule has 1 heterocycles. The number of amides is 1. The van der Waals surface area contributed by atoms with Gasteiger partial charge in [-0.05, 0) is 24.7 Å². The van der Waals surface area contributed by atoms with Gasteiger partial charge in [-0.1, -0.05) is 20.8 Å². The second kappa shape index (κ2) is 4.97. The molecule has 0 aliphatic carbocycles. The standard InChI is InChI=1S/C12H23NO2/c1-12(2,3)10(7-9-14)13-8-5-4-6-11(13)15/h10,14H,4-9H2,1-3H3. The predicted molar refractivity (Wildman–Crippen MR) is 60.5 cm³/mol. The molecule has 0 bridgehead atoms. The Labute approximate surface area is 92.5 Å². The van der Waals surface area contributed by atoms with Gasteiger partial charge in [-0.2, -0.15) is 0 Å². The number of carbonyl (C=O) groups is 1. The lowest BCUT2D eigenvalue weighted by Gasteiger charge is -2.42. The zero-order valence-corrected chi connectivity index (χ0v) is 10.1. The van der Waals surface area contributed by atoms with Gasteiger partial charge in [0.05, 0.1) is 0 Å². The van der Waals surface area contributed by atoms with Crippen molar-refractivity contribution in [3.05, 3.63) is 0 Å². The maximum absolute atomic E-state index is 11.8. The second-order valence-corrected chi connectivity index (χ2v) is 5.44. The van der Waals surface area contributed by atoms with E-state index in [0.717, 1.165) is 19.4 Å². The van der Waals surface area contributed by atoms with Gasteiger partial charge in [0.1, 0.15) is 0 Å². The van der Waals surface area contributed by atoms with Crippen molar-refractivity contribution < 1.29 is 9.90 Å². The Balaban J connectivity index is 2.73. The van der Waals surface area contributed by atoms with Crippen LogP contribution in [0.15, 0.2) is 0 Å². The van der Waals surface area contributed by atoms with Gasteiger partial charge in [0.15, 0.2) is 0 Å². The molecule has 1 aliphatic rings. The first kappa shape index (κ1) is 12.5. The summed E-state index contributed by atoms with van der Waals surface area (Å²) in [6.45, 7) is 7.42. The number of rotatable bonds is 3. The smallest absolute Gasteiger partial charge is 0.222 e. The molecule has 1 rings (SSSR count). The fraction of sp³-hybridized carbons (Fsp3) is 0.917. The van der Waals surface area contributed by atoms with Crippen molar-refractivity contribution in [2.24, 2.45) is 5.41 Å². The molecule has 0 saturated carbocycles. The Kier molecular flexibility index (Phi) is 4.14. The first-order valence-corrected chi connectivity index (χ1v) is 5.87. The zero-order valence-electron chi connectivity index (χ0n) is 10.1. The summed E-state index contributed by atoms with van der Waals surface area (Å²) in [7, 11) is 0. The van der Waals surface area contributed by atoms with Crippen LogP contribution in [0.1, 0.15) is 46.5 Å². The minimum absolute atomic E-state index is 0.0513. The van der Waals surface area contributed by atoms with E-state index >= 15 is 0 Å². The topological polar surface area (TPSA) is 40.5 Å². The van der Waals surface area contributed by atoms with E-state index in [1.54, 1.807) is 0 Å². The third kappa shape index (κ3) is 3.20. The lowest BCUT2D eigenvalue weighted by atomic mass is 9.83. The van der Waals surface area contributed by atoms with E-state index in [1.165, 1.54) is 0 Å². The Morgan fingerprint density at radius 2 is 2.07 bits per heavy atom. The number of hydrogen-bond donors (Lipinski definition) is 1. The molecule has 15 heavy (non-hydrogen) atoms. The highest BCUT2D eigenvalue weighted by atomic mass is 16.3. The van der Waals surface area contributed by atoms with Gasteiger partial charge in [-0.25, -0.2) is 0 Å². The number of likely N-dealkylation sites (tertiary alicyclic amines) is 1. The van der Waals surface area contributed by atoms with Gasteiger partial charge in [0.25, 0.3) is 0 Å². The van der Waals surface area contributed by atoms with E-state index in [0.29, 0.717) is 12.8 Å². The molecular weight excluding hydrogens is 190 g/mol. The average molecular weight is 213 g/mol. The average Bonchev–Trinajstić information content (AvgIpc) is 2.14. The highest BCUT2D eigenvalue weighted by Gasteiger charge is 2.33. The van der Waals surface area contributed by atoms with Crippen LogP contribution in [-0.2, 0) is 4.79 Å². The van der Waals surface area contributed by atoms with Crippen molar-refractivity contribution in [2.75, 3.05) is 13.2 Å². The minimum Gasteiger partial charge on any atom is -0.396 e. The van der Waals surface area contributed by atoms with Gasteiger partial charge >= 0.3 is 0 Å². The molecule has 0 aromatic rings. The maximum atomic E-state index is 11.8. The Bertz CT molecular complexity index is 220. The fourth-order valence-corrected chi connectivity index (χ4v) is 2.33. The summed E-state index contributed by atoms with van der Waals surface area (Å²) >= 11 is 0. The van der Waals surface area contributed by atoms with E-state index in [-0.39, 0.29) is 24.0 Å². The maximum Gasteiger partial charge on any atom is 0.222 e. The van der Waals surface area contributed by atoms with Crippen molar-refractivity contribution in [1.29, 1.82) is 0 Å². The van der Waals surface area contributed by atoms with E-state index in [4.69, 9.17) is 5.11 Å². The quantitative estimate of drug-likeness (QED) is 0.776. The van der Waals surface area contributed by atoms with Gasteiger partial charge in [-0.15, -0.1) is 0 Å². The first-order chi connectivity index (χ1) is 6.96. The molecule has 3 heteroatoms. The third-order valence-electron chi connectivity index (χ3n) is 3.14. The predicted octanol–water partition coefficient (Wildman–Crippen LogP) is 1.80. The van der Waals surface area contributed by atoms with Crippen molar-refractivity contribution in [1.82, 2.24) is 4.90 Å². The molecule has 1 saturated heterocycles. The normalized spacial score (nSPS) is 20.5. The Hall–Kier alpha value is -0.570. The zero-order chi connectivity index (χ0) is 11.5. The number of hydrogen-bond acceptors (Lipinski definition) is 2. The number of aliphatic hydroxyl groups is 1. The molecule has 1 N–H and O–H groups in total. The SMILES string of the molecule is CC(C)(C)C(CCO)N1CCCCC1=O. The molecule has 0 aromatic heterocycles. The summed E-state index contributed by atoms with van der Waals surface area (Å²) in [5, 5.41) is 9.08. The number of carbonyl (C=O) groups excluding carboxylic acids is 1. The van der Waals surface area contributed by atoms with Crippen LogP contribution in [0, 0.1) is 5.41 Å². The first-order valence-electron chi connectivity index (χ1n) is 5.87. The van der Waals surface area contributed by atoms with E-state index in [1.807, 2.05) is 4.90 Å². The van der Waals surface area contributed by atoms with Gasteiger partial charge < -0.3 is 10.0 Å². The molecule has 0 radical (unpaired) electrons. The summed E-state index contributed by atoms with van der Waals surface area (Å²) in [6.07, 6.45) is 3.49. The molecule has 1 aliphatic heterocycles. The Morgan fingerprint density at radius 1 is 1.40 bits per heavy atom. The summed E-state index contributed by atoms with van der Waals surface area (Å²) in [5.41, 5.74) is 0.0513. The molecule has 1 unspecified atom stereocenters. The summed E-state index contributed by atoms with van der Waals surface area (Å²) in [6, 6.07) is 0.176. The summed E-state index contributed by atoms with van der Waals surface area (Å²) in [4.78, 5) is 13.8. The van der Waals surface area contributed by atoms with Crippen LogP contribution in [0.25, 0.3) is 0 Å². The monoisotopic (exact) mass is 213 g/mol. The molecule has 3 nitrogen and oxygen atoms in total. The van der Waals surface area contributed by atoms with Crippen molar-refractivity contribution in [2.45, 2.75) is 52.5 Å². The van der Waals surface area contributed by atoms with E-state index in [2.05, 4.69) is 20.8 Å². The lowest BCUT2D eigenvalue weighted by Crippen LogP contribution is -2.49. The van der Waals surface area contributed by atoms with Crippen LogP contribution in [0.5, 0.6) is 0 Å². The highest BCUT2D eigenvalue weighted by molar-refractivity contribution is 5.77. The van der Waals surface area contributed by atoms with E-state index in [9.17, 15) is 4.79 Å². The lowest BCUT2D eigenvalue weighted by molar-refractivity contribution is -0.138. The number of piperidine rings is 1. The van der Waals surface area contributed by atoms with Gasteiger partial charge in [0, 0.05) is 25.6 Å². The van der Waals surface area contributed by atoms with Crippen molar-refractivity contribution >= 4 is 5.91 Å². The molecule has 88 valence electrons. The number of aliphatic hydroxyl groups excluding tert-OH is 1. The van der Waals surface area contributed by atoms with Crippen LogP contribution < -0.4 is 0 Å². The number of nitrogens with zero attached hydrogens (tertiary/aromatic N) is 1. The molecule has 0 spiro atoms. The van der Waals surface area contributed by atoms with Crippen molar-refractivity contribution in [3.8, 4) is 0 Å². The highest BCUT2D eigenvalue weighted by Crippen LogP contribution is 2.29. The molecule has 1 fully saturated rings. The summed E-state index contributed by atoms with van der Waals surface area (Å²) in [5.74, 6) is 0.259.